The quantitative estimate of drug-likeness (QED) is 0.455. The third-order valence-corrected chi connectivity index (χ3v) is 5.31. The van der Waals surface area contributed by atoms with Crippen molar-refractivity contribution in [1.29, 1.82) is 0 Å². The number of aryl methyl sites for hydroxylation is 1. The molecule has 0 aliphatic carbocycles. The number of methoxy groups -OCH3 is 1. The molecule has 3 rings (SSSR count). The summed E-state index contributed by atoms with van der Waals surface area (Å²) in [5.74, 6) is 0. The van der Waals surface area contributed by atoms with Crippen molar-refractivity contribution in [2.24, 2.45) is 0 Å². The van der Waals surface area contributed by atoms with Gasteiger partial charge in [-0.25, -0.2) is 4.79 Å². The van der Waals surface area contributed by atoms with Crippen molar-refractivity contribution < 1.29 is 9.53 Å². The van der Waals surface area contributed by atoms with Gasteiger partial charge in [0.2, 0.25) is 0 Å². The van der Waals surface area contributed by atoms with Crippen LogP contribution in [0.15, 0.2) is 66.9 Å². The van der Waals surface area contributed by atoms with Gasteiger partial charge in [0.1, 0.15) is 0 Å². The van der Waals surface area contributed by atoms with Crippen LogP contribution in [-0.4, -0.2) is 35.8 Å². The number of carbonyl (C=O) groups excluding carboxylic acids is 1. The van der Waals surface area contributed by atoms with Gasteiger partial charge in [-0.2, -0.15) is 0 Å². The third-order valence-electron chi connectivity index (χ3n) is 4.94. The zero-order valence-electron chi connectivity index (χ0n) is 17.5. The van der Waals surface area contributed by atoms with Crippen LogP contribution in [0.1, 0.15) is 23.2 Å². The maximum atomic E-state index is 13.0. The van der Waals surface area contributed by atoms with Crippen molar-refractivity contribution in [2.75, 3.05) is 25.6 Å². The van der Waals surface area contributed by atoms with Crippen LogP contribution in [0, 0.1) is 6.92 Å². The van der Waals surface area contributed by atoms with Crippen LogP contribution in [0.2, 0.25) is 5.02 Å². The zero-order valence-corrected chi connectivity index (χ0v) is 18.2. The summed E-state index contributed by atoms with van der Waals surface area (Å²) in [6, 6.07) is 19.5. The van der Waals surface area contributed by atoms with E-state index in [1.54, 1.807) is 7.11 Å². The molecule has 1 heterocycles. The maximum absolute atomic E-state index is 13.0. The second-order valence-electron chi connectivity index (χ2n) is 7.28. The molecule has 0 atom stereocenters. The van der Waals surface area contributed by atoms with E-state index in [0.717, 1.165) is 34.0 Å². The molecule has 2 aromatic carbocycles. The second kappa shape index (κ2) is 10.9. The van der Waals surface area contributed by atoms with E-state index >= 15 is 0 Å². The van der Waals surface area contributed by atoms with Gasteiger partial charge in [0.05, 0.1) is 6.54 Å². The third kappa shape index (κ3) is 6.12. The molecule has 30 heavy (non-hydrogen) atoms. The molecule has 0 fully saturated rings. The van der Waals surface area contributed by atoms with Gasteiger partial charge >= 0.3 is 6.03 Å². The molecule has 158 valence electrons. The van der Waals surface area contributed by atoms with Crippen LogP contribution in [0.3, 0.4) is 0 Å². The van der Waals surface area contributed by atoms with Crippen molar-refractivity contribution in [3.63, 3.8) is 0 Å². The Morgan fingerprint density at radius 1 is 1.10 bits per heavy atom. The number of hydrogen-bond donors (Lipinski definition) is 1. The van der Waals surface area contributed by atoms with Crippen LogP contribution in [-0.2, 0) is 17.8 Å². The van der Waals surface area contributed by atoms with Gasteiger partial charge in [-0.1, -0.05) is 47.5 Å². The zero-order chi connectivity index (χ0) is 21.3. The Bertz CT molecular complexity index is 953. The van der Waals surface area contributed by atoms with Gasteiger partial charge in [-0.15, -0.1) is 0 Å². The van der Waals surface area contributed by atoms with Crippen LogP contribution in [0.5, 0.6) is 0 Å². The van der Waals surface area contributed by atoms with E-state index < -0.39 is 0 Å². The standard InChI is InChI=1S/C24H28ClN3O2/c1-19-10-12-21(13-11-19)26-24(29)28(15-6-16-30-2)18-22-8-5-14-27(22)17-20-7-3-4-9-23(20)25/h3-5,7-14H,6,15-18H2,1-2H3,(H,26,29). The van der Waals surface area contributed by atoms with E-state index in [1.165, 1.54) is 0 Å². The molecule has 0 saturated carbocycles. The topological polar surface area (TPSA) is 46.5 Å². The minimum atomic E-state index is -0.125. The molecule has 0 radical (unpaired) electrons. The van der Waals surface area contributed by atoms with E-state index in [2.05, 4.69) is 9.88 Å². The minimum absolute atomic E-state index is 0.125. The summed E-state index contributed by atoms with van der Waals surface area (Å²) >= 11 is 6.33. The number of nitrogens with zero attached hydrogens (tertiary/aromatic N) is 2. The van der Waals surface area contributed by atoms with Gasteiger partial charge in [0.25, 0.3) is 0 Å². The molecule has 3 aromatic rings. The lowest BCUT2D eigenvalue weighted by molar-refractivity contribution is 0.171. The number of anilines is 1. The van der Waals surface area contributed by atoms with E-state index in [-0.39, 0.29) is 6.03 Å². The molecule has 1 N–H and O–H groups in total. The second-order valence-corrected chi connectivity index (χ2v) is 7.69. The molecule has 0 saturated heterocycles. The number of amides is 2. The Morgan fingerprint density at radius 2 is 1.87 bits per heavy atom. The highest BCUT2D eigenvalue weighted by Crippen LogP contribution is 2.19. The number of urea groups is 1. The predicted molar refractivity (Wildman–Crippen MR) is 122 cm³/mol. The fourth-order valence-corrected chi connectivity index (χ4v) is 3.44. The smallest absolute Gasteiger partial charge is 0.322 e. The lowest BCUT2D eigenvalue weighted by Crippen LogP contribution is -2.36. The molecule has 0 unspecified atom stereocenters. The lowest BCUT2D eigenvalue weighted by Gasteiger charge is -2.24. The predicted octanol–water partition coefficient (Wildman–Crippen LogP) is 5.57. The van der Waals surface area contributed by atoms with Crippen LogP contribution >= 0.6 is 11.6 Å². The van der Waals surface area contributed by atoms with Gasteiger partial charge in [-0.3, -0.25) is 0 Å². The van der Waals surface area contributed by atoms with Crippen molar-refractivity contribution >= 4 is 23.3 Å². The first-order valence-corrected chi connectivity index (χ1v) is 10.4. The highest BCUT2D eigenvalue weighted by atomic mass is 35.5. The molecule has 5 nitrogen and oxygen atoms in total. The van der Waals surface area contributed by atoms with Crippen molar-refractivity contribution in [2.45, 2.75) is 26.4 Å². The first kappa shape index (κ1) is 21.9. The van der Waals surface area contributed by atoms with Gasteiger partial charge < -0.3 is 19.5 Å². The van der Waals surface area contributed by atoms with Crippen molar-refractivity contribution in [3.05, 3.63) is 88.7 Å². The normalized spacial score (nSPS) is 10.8. The average Bonchev–Trinajstić information content (AvgIpc) is 3.17. The molecular weight excluding hydrogens is 398 g/mol. The SMILES string of the molecule is COCCCN(Cc1cccn1Cc1ccccc1Cl)C(=O)Nc1ccc(C)cc1. The Morgan fingerprint density at radius 3 is 2.60 bits per heavy atom. The van der Waals surface area contributed by atoms with Crippen LogP contribution in [0.25, 0.3) is 0 Å². The van der Waals surface area contributed by atoms with Crippen molar-refractivity contribution in [1.82, 2.24) is 9.47 Å². The molecule has 0 bridgehead atoms. The van der Waals surface area contributed by atoms with E-state index in [9.17, 15) is 4.79 Å². The number of halogens is 1. The number of nitrogens with one attached hydrogen (secondary N) is 1. The molecule has 0 aliphatic rings. The monoisotopic (exact) mass is 425 g/mol. The van der Waals surface area contributed by atoms with Crippen molar-refractivity contribution in [3.8, 4) is 0 Å². The number of carbonyl (C=O) groups is 1. The molecule has 0 aliphatic heterocycles. The Kier molecular flexibility index (Phi) is 7.94. The summed E-state index contributed by atoms with van der Waals surface area (Å²) < 4.78 is 7.30. The maximum Gasteiger partial charge on any atom is 0.322 e. The molecule has 6 heteroatoms. The molecular formula is C24H28ClN3O2. The Hall–Kier alpha value is -2.76. The van der Waals surface area contributed by atoms with Gasteiger partial charge in [-0.05, 0) is 49.2 Å². The fourth-order valence-electron chi connectivity index (χ4n) is 3.24. The summed E-state index contributed by atoms with van der Waals surface area (Å²) in [6.45, 7) is 4.39. The Balaban J connectivity index is 1.73. The molecule has 1 aromatic heterocycles. The number of hydrogen-bond acceptors (Lipinski definition) is 2. The minimum Gasteiger partial charge on any atom is -0.385 e. The van der Waals surface area contributed by atoms with E-state index in [1.807, 2.05) is 78.7 Å². The first-order valence-electron chi connectivity index (χ1n) is 10.1. The van der Waals surface area contributed by atoms with Gasteiger partial charge in [0, 0.05) is 49.4 Å². The summed E-state index contributed by atoms with van der Waals surface area (Å²) in [7, 11) is 1.67. The van der Waals surface area contributed by atoms with E-state index in [4.69, 9.17) is 16.3 Å². The largest absolute Gasteiger partial charge is 0.385 e. The first-order chi connectivity index (χ1) is 14.6. The lowest BCUT2D eigenvalue weighted by atomic mass is 10.2. The summed E-state index contributed by atoms with van der Waals surface area (Å²) in [5.41, 5.74) is 4.04. The summed E-state index contributed by atoms with van der Waals surface area (Å²) in [5, 5.41) is 3.74. The van der Waals surface area contributed by atoms with Crippen LogP contribution < -0.4 is 5.32 Å². The van der Waals surface area contributed by atoms with E-state index in [0.29, 0.717) is 26.2 Å². The molecule has 2 amide bonds. The van der Waals surface area contributed by atoms with Crippen LogP contribution in [0.4, 0.5) is 10.5 Å². The number of rotatable bonds is 9. The highest BCUT2D eigenvalue weighted by molar-refractivity contribution is 6.31. The van der Waals surface area contributed by atoms with Gasteiger partial charge in [0.15, 0.2) is 0 Å². The number of ether oxygens (including phenoxy) is 1. The molecule has 0 spiro atoms. The fraction of sp³-hybridized carbons (Fsp3) is 0.292. The number of benzene rings is 2. The summed E-state index contributed by atoms with van der Waals surface area (Å²) in [4.78, 5) is 14.8. The highest BCUT2D eigenvalue weighted by Gasteiger charge is 2.16. The average molecular weight is 426 g/mol. The summed E-state index contributed by atoms with van der Waals surface area (Å²) in [6.07, 6.45) is 2.78. The number of aromatic nitrogens is 1. The Labute approximate surface area is 183 Å².